The Hall–Kier alpha value is -3.21. The van der Waals surface area contributed by atoms with Crippen molar-refractivity contribution in [3.63, 3.8) is 0 Å². The van der Waals surface area contributed by atoms with E-state index in [1.165, 1.54) is 6.20 Å². The standard InChI is InChI=1S/C18H15N3O2/c1-12-6-8-13(9-7-12)21-18(23)15-5-3-2-4-14(15)16(22)17-19-10-11-20-17/h2-11H,1H3,(H,19,20)(H,21,23). The summed E-state index contributed by atoms with van der Waals surface area (Å²) in [5.41, 5.74) is 2.42. The number of nitrogens with one attached hydrogen (secondary N) is 2. The minimum absolute atomic E-state index is 0.209. The van der Waals surface area contributed by atoms with Crippen molar-refractivity contribution < 1.29 is 9.59 Å². The van der Waals surface area contributed by atoms with Gasteiger partial charge in [-0.1, -0.05) is 35.9 Å². The van der Waals surface area contributed by atoms with Crippen molar-refractivity contribution in [3.05, 3.63) is 83.4 Å². The van der Waals surface area contributed by atoms with E-state index in [0.29, 0.717) is 16.8 Å². The first-order valence-corrected chi connectivity index (χ1v) is 7.16. The molecule has 2 N–H and O–H groups in total. The first-order chi connectivity index (χ1) is 11.1. The summed E-state index contributed by atoms with van der Waals surface area (Å²) in [6.07, 6.45) is 3.07. The molecule has 0 saturated carbocycles. The minimum atomic E-state index is -0.329. The molecule has 1 amide bonds. The summed E-state index contributed by atoms with van der Waals surface area (Å²) >= 11 is 0. The molecular formula is C18H15N3O2. The second-order valence-corrected chi connectivity index (χ2v) is 5.13. The number of nitrogens with zero attached hydrogens (tertiary/aromatic N) is 1. The average molecular weight is 305 g/mol. The molecule has 5 heteroatoms. The largest absolute Gasteiger partial charge is 0.342 e. The highest BCUT2D eigenvalue weighted by molar-refractivity contribution is 6.16. The van der Waals surface area contributed by atoms with E-state index in [1.54, 1.807) is 30.5 Å². The average Bonchev–Trinajstić information content (AvgIpc) is 3.11. The van der Waals surface area contributed by atoms with Crippen LogP contribution < -0.4 is 5.32 Å². The Morgan fingerprint density at radius 2 is 1.70 bits per heavy atom. The molecule has 1 aromatic heterocycles. The molecule has 0 fully saturated rings. The molecule has 0 aliphatic heterocycles. The fourth-order valence-corrected chi connectivity index (χ4v) is 2.23. The van der Waals surface area contributed by atoms with Crippen LogP contribution in [0.3, 0.4) is 0 Å². The smallest absolute Gasteiger partial charge is 0.256 e. The van der Waals surface area contributed by atoms with Crippen LogP contribution in [0.1, 0.15) is 32.1 Å². The number of hydrogen-bond donors (Lipinski definition) is 2. The summed E-state index contributed by atoms with van der Waals surface area (Å²) < 4.78 is 0. The lowest BCUT2D eigenvalue weighted by molar-refractivity contribution is 0.0992. The lowest BCUT2D eigenvalue weighted by Crippen LogP contribution is -2.17. The van der Waals surface area contributed by atoms with E-state index in [9.17, 15) is 9.59 Å². The van der Waals surface area contributed by atoms with Crippen molar-refractivity contribution in [3.8, 4) is 0 Å². The van der Waals surface area contributed by atoms with Gasteiger partial charge in [0.05, 0.1) is 5.56 Å². The maximum atomic E-state index is 12.5. The first kappa shape index (κ1) is 14.7. The highest BCUT2D eigenvalue weighted by Gasteiger charge is 2.19. The number of imidazole rings is 1. The molecule has 0 unspecified atom stereocenters. The SMILES string of the molecule is Cc1ccc(NC(=O)c2ccccc2C(=O)c2ncc[nH]2)cc1. The summed E-state index contributed by atoms with van der Waals surface area (Å²) in [7, 11) is 0. The maximum absolute atomic E-state index is 12.5. The van der Waals surface area contributed by atoms with Crippen molar-refractivity contribution in [2.75, 3.05) is 5.32 Å². The molecule has 3 rings (SSSR count). The van der Waals surface area contributed by atoms with E-state index in [2.05, 4.69) is 15.3 Å². The Bertz CT molecular complexity index is 837. The number of rotatable bonds is 4. The number of ketones is 1. The van der Waals surface area contributed by atoms with E-state index < -0.39 is 0 Å². The lowest BCUT2D eigenvalue weighted by atomic mass is 10.0. The van der Waals surface area contributed by atoms with Crippen LogP contribution in [0.2, 0.25) is 0 Å². The Morgan fingerprint density at radius 3 is 2.35 bits per heavy atom. The second-order valence-electron chi connectivity index (χ2n) is 5.13. The van der Waals surface area contributed by atoms with E-state index in [4.69, 9.17) is 0 Å². The third kappa shape index (κ3) is 3.18. The van der Waals surface area contributed by atoms with Crippen molar-refractivity contribution in [1.82, 2.24) is 9.97 Å². The third-order valence-corrected chi connectivity index (χ3v) is 3.44. The zero-order valence-electron chi connectivity index (χ0n) is 12.5. The third-order valence-electron chi connectivity index (χ3n) is 3.44. The molecule has 23 heavy (non-hydrogen) atoms. The van der Waals surface area contributed by atoms with Crippen LogP contribution in [0.25, 0.3) is 0 Å². The van der Waals surface area contributed by atoms with E-state index >= 15 is 0 Å². The fourth-order valence-electron chi connectivity index (χ4n) is 2.23. The minimum Gasteiger partial charge on any atom is -0.342 e. The van der Waals surface area contributed by atoms with Crippen LogP contribution in [0.15, 0.2) is 60.9 Å². The monoisotopic (exact) mass is 305 g/mol. The second kappa shape index (κ2) is 6.27. The number of carbonyl (C=O) groups excluding carboxylic acids is 2. The number of aryl methyl sites for hydroxylation is 1. The summed E-state index contributed by atoms with van der Waals surface area (Å²) in [5.74, 6) is -0.436. The zero-order valence-corrected chi connectivity index (χ0v) is 12.5. The molecular weight excluding hydrogens is 290 g/mol. The van der Waals surface area contributed by atoms with Crippen molar-refractivity contribution in [2.45, 2.75) is 6.92 Å². The molecule has 3 aromatic rings. The Labute approximate surface area is 133 Å². The van der Waals surface area contributed by atoms with E-state index in [1.807, 2.05) is 31.2 Å². The summed E-state index contributed by atoms with van der Waals surface area (Å²) in [4.78, 5) is 31.7. The number of carbonyl (C=O) groups is 2. The van der Waals surface area contributed by atoms with Gasteiger partial charge in [-0.2, -0.15) is 0 Å². The van der Waals surface area contributed by atoms with Crippen LogP contribution in [0.4, 0.5) is 5.69 Å². The molecule has 5 nitrogen and oxygen atoms in total. The summed E-state index contributed by atoms with van der Waals surface area (Å²) in [6.45, 7) is 1.98. The molecule has 114 valence electrons. The molecule has 0 aliphatic carbocycles. The van der Waals surface area contributed by atoms with Gasteiger partial charge in [0.1, 0.15) is 0 Å². The van der Waals surface area contributed by atoms with Gasteiger partial charge in [-0.25, -0.2) is 4.98 Å². The van der Waals surface area contributed by atoms with Crippen molar-refractivity contribution in [1.29, 1.82) is 0 Å². The molecule has 0 radical (unpaired) electrons. The maximum Gasteiger partial charge on any atom is 0.256 e. The Balaban J connectivity index is 1.89. The van der Waals surface area contributed by atoms with Gasteiger partial charge in [-0.15, -0.1) is 0 Å². The van der Waals surface area contributed by atoms with Crippen LogP contribution in [-0.2, 0) is 0 Å². The number of hydrogen-bond acceptors (Lipinski definition) is 3. The van der Waals surface area contributed by atoms with Gasteiger partial charge in [0.2, 0.25) is 5.78 Å². The lowest BCUT2D eigenvalue weighted by Gasteiger charge is -2.09. The number of aromatic amines is 1. The molecule has 0 bridgehead atoms. The predicted octanol–water partition coefficient (Wildman–Crippen LogP) is 3.20. The van der Waals surface area contributed by atoms with E-state index in [-0.39, 0.29) is 17.5 Å². The van der Waals surface area contributed by atoms with Crippen LogP contribution in [-0.4, -0.2) is 21.7 Å². The van der Waals surface area contributed by atoms with Crippen LogP contribution in [0, 0.1) is 6.92 Å². The predicted molar refractivity (Wildman–Crippen MR) is 87.6 cm³/mol. The Morgan fingerprint density at radius 1 is 1.00 bits per heavy atom. The molecule has 0 atom stereocenters. The molecule has 1 heterocycles. The number of benzene rings is 2. The van der Waals surface area contributed by atoms with Gasteiger partial charge in [-0.05, 0) is 25.1 Å². The van der Waals surface area contributed by atoms with Crippen molar-refractivity contribution >= 4 is 17.4 Å². The normalized spacial score (nSPS) is 10.3. The highest BCUT2D eigenvalue weighted by atomic mass is 16.2. The van der Waals surface area contributed by atoms with Crippen LogP contribution >= 0.6 is 0 Å². The van der Waals surface area contributed by atoms with Gasteiger partial charge in [-0.3, -0.25) is 9.59 Å². The topological polar surface area (TPSA) is 74.8 Å². The van der Waals surface area contributed by atoms with Gasteiger partial charge in [0.15, 0.2) is 5.82 Å². The molecule has 0 spiro atoms. The number of aromatic nitrogens is 2. The highest BCUT2D eigenvalue weighted by Crippen LogP contribution is 2.16. The molecule has 0 aliphatic rings. The molecule has 0 saturated heterocycles. The Kier molecular flexibility index (Phi) is 4.01. The quantitative estimate of drug-likeness (QED) is 0.727. The van der Waals surface area contributed by atoms with Gasteiger partial charge < -0.3 is 10.3 Å². The summed E-state index contributed by atoms with van der Waals surface area (Å²) in [6, 6.07) is 14.2. The van der Waals surface area contributed by atoms with Gasteiger partial charge >= 0.3 is 0 Å². The number of anilines is 1. The molecule has 2 aromatic carbocycles. The van der Waals surface area contributed by atoms with E-state index in [0.717, 1.165) is 5.56 Å². The summed E-state index contributed by atoms with van der Waals surface area (Å²) in [5, 5.41) is 2.80. The zero-order chi connectivity index (χ0) is 16.2. The number of amides is 1. The van der Waals surface area contributed by atoms with Crippen molar-refractivity contribution in [2.24, 2.45) is 0 Å². The van der Waals surface area contributed by atoms with Gasteiger partial charge in [0, 0.05) is 23.6 Å². The number of H-pyrrole nitrogens is 1. The fraction of sp³-hybridized carbons (Fsp3) is 0.0556. The van der Waals surface area contributed by atoms with Crippen LogP contribution in [0.5, 0.6) is 0 Å². The van der Waals surface area contributed by atoms with Gasteiger partial charge in [0.25, 0.3) is 5.91 Å². The first-order valence-electron chi connectivity index (χ1n) is 7.16.